The van der Waals surface area contributed by atoms with Crippen LogP contribution in [0.1, 0.15) is 32.8 Å². The number of pyridine rings is 1. The molecule has 110 valence electrons. The zero-order valence-corrected chi connectivity index (χ0v) is 12.7. The summed E-state index contributed by atoms with van der Waals surface area (Å²) in [6.07, 6.45) is 1.46. The zero-order chi connectivity index (χ0) is 15.2. The molecule has 0 aliphatic rings. The number of nitrogens with zero attached hydrogens (tertiary/aromatic N) is 2. The molecule has 1 N–H and O–H groups in total. The van der Waals surface area contributed by atoms with Gasteiger partial charge in [0, 0.05) is 17.3 Å². The first kappa shape index (κ1) is 15.5. The number of thioether (sulfide) groups is 1. The Labute approximate surface area is 129 Å². The fourth-order valence-electron chi connectivity index (χ4n) is 1.43. The van der Waals surface area contributed by atoms with Crippen LogP contribution in [0.15, 0.2) is 28.7 Å². The number of aromatic carboxylic acids is 1. The Morgan fingerprint density at radius 3 is 3.00 bits per heavy atom. The second kappa shape index (κ2) is 7.19. The lowest BCUT2D eigenvalue weighted by Crippen LogP contribution is -2.04. The van der Waals surface area contributed by atoms with E-state index in [2.05, 4.69) is 9.97 Å². The SMILES string of the molecule is CCOC(=O)c1nc(CSc2cc(C(=O)O)ccn2)cs1. The van der Waals surface area contributed by atoms with Gasteiger partial charge in [0.05, 0.1) is 22.9 Å². The van der Waals surface area contributed by atoms with Crippen molar-refractivity contribution in [3.05, 3.63) is 40.0 Å². The van der Waals surface area contributed by atoms with Crippen molar-refractivity contribution in [3.63, 3.8) is 0 Å². The molecular weight excluding hydrogens is 312 g/mol. The molecule has 6 nitrogen and oxygen atoms in total. The number of hydrogen-bond donors (Lipinski definition) is 1. The van der Waals surface area contributed by atoms with E-state index in [9.17, 15) is 9.59 Å². The Balaban J connectivity index is 1.98. The van der Waals surface area contributed by atoms with E-state index < -0.39 is 11.9 Å². The van der Waals surface area contributed by atoms with Crippen LogP contribution in [0.5, 0.6) is 0 Å². The van der Waals surface area contributed by atoms with Crippen molar-refractivity contribution in [2.24, 2.45) is 0 Å². The van der Waals surface area contributed by atoms with Crippen LogP contribution < -0.4 is 0 Å². The van der Waals surface area contributed by atoms with Gasteiger partial charge in [-0.1, -0.05) is 11.8 Å². The highest BCUT2D eigenvalue weighted by molar-refractivity contribution is 7.98. The first-order valence-electron chi connectivity index (χ1n) is 6.03. The van der Waals surface area contributed by atoms with Gasteiger partial charge < -0.3 is 9.84 Å². The van der Waals surface area contributed by atoms with Gasteiger partial charge in [0.15, 0.2) is 0 Å². The standard InChI is InChI=1S/C13H12N2O4S2/c1-2-19-13(18)11-15-9(7-21-11)6-20-10-5-8(12(16)17)3-4-14-10/h3-5,7H,2,6H2,1H3,(H,16,17). The monoisotopic (exact) mass is 324 g/mol. The molecule has 0 spiro atoms. The number of rotatable bonds is 6. The fraction of sp³-hybridized carbons (Fsp3) is 0.231. The summed E-state index contributed by atoms with van der Waals surface area (Å²) in [5, 5.41) is 11.6. The Hall–Kier alpha value is -1.93. The van der Waals surface area contributed by atoms with E-state index in [-0.39, 0.29) is 5.56 Å². The molecule has 2 heterocycles. The molecule has 0 aromatic carbocycles. The Bertz CT molecular complexity index is 657. The lowest BCUT2D eigenvalue weighted by atomic mass is 10.3. The quantitative estimate of drug-likeness (QED) is 0.645. The summed E-state index contributed by atoms with van der Waals surface area (Å²) in [5.41, 5.74) is 0.925. The van der Waals surface area contributed by atoms with Gasteiger partial charge in [0.25, 0.3) is 0 Å². The van der Waals surface area contributed by atoms with E-state index in [0.717, 1.165) is 5.69 Å². The van der Waals surface area contributed by atoms with Gasteiger partial charge in [0.1, 0.15) is 0 Å². The molecular formula is C13H12N2O4S2. The maximum Gasteiger partial charge on any atom is 0.367 e. The highest BCUT2D eigenvalue weighted by Crippen LogP contribution is 2.23. The largest absolute Gasteiger partial charge is 0.478 e. The van der Waals surface area contributed by atoms with Crippen LogP contribution in [0.4, 0.5) is 0 Å². The van der Waals surface area contributed by atoms with E-state index in [1.54, 1.807) is 12.3 Å². The molecule has 0 saturated carbocycles. The van der Waals surface area contributed by atoms with Crippen LogP contribution in [0.3, 0.4) is 0 Å². The zero-order valence-electron chi connectivity index (χ0n) is 11.1. The summed E-state index contributed by atoms with van der Waals surface area (Å²) >= 11 is 2.59. The summed E-state index contributed by atoms with van der Waals surface area (Å²) in [5.74, 6) is -0.909. The Morgan fingerprint density at radius 1 is 1.48 bits per heavy atom. The Morgan fingerprint density at radius 2 is 2.29 bits per heavy atom. The van der Waals surface area contributed by atoms with Crippen LogP contribution in [-0.2, 0) is 10.5 Å². The van der Waals surface area contributed by atoms with Crippen molar-refractivity contribution in [2.75, 3.05) is 6.61 Å². The molecule has 0 aliphatic heterocycles. The van der Waals surface area contributed by atoms with Gasteiger partial charge >= 0.3 is 11.9 Å². The average molecular weight is 324 g/mol. The molecule has 21 heavy (non-hydrogen) atoms. The minimum atomic E-state index is -0.988. The summed E-state index contributed by atoms with van der Waals surface area (Å²) < 4.78 is 4.87. The van der Waals surface area contributed by atoms with Crippen molar-refractivity contribution in [2.45, 2.75) is 17.7 Å². The van der Waals surface area contributed by atoms with E-state index in [0.29, 0.717) is 22.4 Å². The lowest BCUT2D eigenvalue weighted by molar-refractivity contribution is 0.0525. The number of carboxylic acid groups (broad SMARTS) is 1. The summed E-state index contributed by atoms with van der Waals surface area (Å²) in [6, 6.07) is 2.94. The number of aromatic nitrogens is 2. The number of carbonyl (C=O) groups is 2. The van der Waals surface area contributed by atoms with Crippen molar-refractivity contribution >= 4 is 35.0 Å². The summed E-state index contributed by atoms with van der Waals surface area (Å²) in [6.45, 7) is 2.05. The molecule has 0 fully saturated rings. The van der Waals surface area contributed by atoms with E-state index in [4.69, 9.17) is 9.84 Å². The third-order valence-electron chi connectivity index (χ3n) is 2.35. The van der Waals surface area contributed by atoms with Crippen molar-refractivity contribution in [1.82, 2.24) is 9.97 Å². The minimum Gasteiger partial charge on any atom is -0.478 e. The minimum absolute atomic E-state index is 0.193. The van der Waals surface area contributed by atoms with E-state index in [1.165, 1.54) is 41.4 Å². The molecule has 0 atom stereocenters. The summed E-state index contributed by atoms with van der Waals surface area (Å²) in [7, 11) is 0. The molecule has 2 aromatic heterocycles. The number of thiazole rings is 1. The Kier molecular flexibility index (Phi) is 5.29. The predicted molar refractivity (Wildman–Crippen MR) is 78.8 cm³/mol. The molecule has 0 bridgehead atoms. The fourth-order valence-corrected chi connectivity index (χ4v) is 3.03. The molecule has 0 radical (unpaired) electrons. The number of hydrogen-bond acceptors (Lipinski definition) is 7. The summed E-state index contributed by atoms with van der Waals surface area (Å²) in [4.78, 5) is 30.6. The van der Waals surface area contributed by atoms with Crippen LogP contribution in [-0.4, -0.2) is 33.6 Å². The van der Waals surface area contributed by atoms with Crippen molar-refractivity contribution < 1.29 is 19.4 Å². The average Bonchev–Trinajstić information content (AvgIpc) is 2.95. The second-order valence-corrected chi connectivity index (χ2v) is 5.69. The van der Waals surface area contributed by atoms with Gasteiger partial charge in [-0.25, -0.2) is 19.6 Å². The normalized spacial score (nSPS) is 10.3. The maximum absolute atomic E-state index is 11.5. The highest BCUT2D eigenvalue weighted by Gasteiger charge is 2.12. The lowest BCUT2D eigenvalue weighted by Gasteiger charge is -2.00. The molecule has 0 saturated heterocycles. The van der Waals surface area contributed by atoms with Gasteiger partial charge in [-0.15, -0.1) is 11.3 Å². The van der Waals surface area contributed by atoms with Gasteiger partial charge in [-0.2, -0.15) is 0 Å². The molecule has 2 aromatic rings. The van der Waals surface area contributed by atoms with Crippen molar-refractivity contribution in [1.29, 1.82) is 0 Å². The molecule has 2 rings (SSSR count). The number of ether oxygens (including phenoxy) is 1. The van der Waals surface area contributed by atoms with Crippen LogP contribution in [0, 0.1) is 0 Å². The molecule has 0 unspecified atom stereocenters. The topological polar surface area (TPSA) is 89.4 Å². The van der Waals surface area contributed by atoms with E-state index >= 15 is 0 Å². The van der Waals surface area contributed by atoms with Crippen molar-refractivity contribution in [3.8, 4) is 0 Å². The molecule has 8 heteroatoms. The van der Waals surface area contributed by atoms with Gasteiger partial charge in [-0.05, 0) is 19.1 Å². The smallest absolute Gasteiger partial charge is 0.367 e. The first-order valence-corrected chi connectivity index (χ1v) is 7.90. The predicted octanol–water partition coefficient (Wildman–Crippen LogP) is 2.71. The number of esters is 1. The number of carbonyl (C=O) groups excluding carboxylic acids is 1. The van der Waals surface area contributed by atoms with Crippen LogP contribution >= 0.6 is 23.1 Å². The molecule has 0 amide bonds. The maximum atomic E-state index is 11.5. The highest BCUT2D eigenvalue weighted by atomic mass is 32.2. The van der Waals surface area contributed by atoms with Gasteiger partial charge in [0.2, 0.25) is 5.01 Å². The van der Waals surface area contributed by atoms with E-state index in [1.807, 2.05) is 0 Å². The molecule has 0 aliphatic carbocycles. The third kappa shape index (κ3) is 4.27. The second-order valence-electron chi connectivity index (χ2n) is 3.84. The third-order valence-corrected chi connectivity index (χ3v) is 4.18. The van der Waals surface area contributed by atoms with Crippen LogP contribution in [0.2, 0.25) is 0 Å². The number of carboxylic acids is 1. The van der Waals surface area contributed by atoms with Gasteiger partial charge in [-0.3, -0.25) is 0 Å². The van der Waals surface area contributed by atoms with Crippen LogP contribution in [0.25, 0.3) is 0 Å². The first-order chi connectivity index (χ1) is 10.1.